The molecule has 4 aromatic rings. The number of rotatable bonds is 4. The van der Waals surface area contributed by atoms with Crippen molar-refractivity contribution < 1.29 is 14.3 Å². The van der Waals surface area contributed by atoms with Gasteiger partial charge in [0.05, 0.1) is 0 Å². The van der Waals surface area contributed by atoms with Gasteiger partial charge in [0, 0.05) is 36.2 Å². The second-order valence-electron chi connectivity index (χ2n) is 10.3. The van der Waals surface area contributed by atoms with Crippen molar-refractivity contribution in [3.63, 3.8) is 0 Å². The number of fused-ring (bicyclic) bond motifs is 4. The van der Waals surface area contributed by atoms with Crippen LogP contribution in [-0.2, 0) is 14.9 Å². The molecule has 1 aliphatic heterocycles. The van der Waals surface area contributed by atoms with Crippen molar-refractivity contribution >= 4 is 23.4 Å². The molecule has 5 heteroatoms. The van der Waals surface area contributed by atoms with Crippen molar-refractivity contribution in [3.8, 4) is 11.1 Å². The van der Waals surface area contributed by atoms with E-state index in [-0.39, 0.29) is 23.8 Å². The highest BCUT2D eigenvalue weighted by Crippen LogP contribution is 2.46. The van der Waals surface area contributed by atoms with Gasteiger partial charge in [-0.3, -0.25) is 10.1 Å². The summed E-state index contributed by atoms with van der Waals surface area (Å²) >= 11 is 0. The van der Waals surface area contributed by atoms with Crippen LogP contribution in [0.5, 0.6) is 0 Å². The molecule has 0 saturated heterocycles. The Hall–Kier alpha value is -4.38. The Bertz CT molecular complexity index is 1490. The first-order valence-corrected chi connectivity index (χ1v) is 13.1. The zero-order chi connectivity index (χ0) is 26.3. The van der Waals surface area contributed by atoms with E-state index in [4.69, 9.17) is 4.74 Å². The summed E-state index contributed by atoms with van der Waals surface area (Å²) in [5, 5.41) is 2.93. The van der Waals surface area contributed by atoms with Crippen molar-refractivity contribution in [1.29, 1.82) is 0 Å². The van der Waals surface area contributed by atoms with E-state index in [1.165, 1.54) is 27.8 Å². The van der Waals surface area contributed by atoms with Gasteiger partial charge in [0.2, 0.25) is 5.91 Å². The summed E-state index contributed by atoms with van der Waals surface area (Å²) in [6.07, 6.45) is 0.297. The minimum atomic E-state index is -0.493. The van der Waals surface area contributed by atoms with Crippen LogP contribution in [0.3, 0.4) is 0 Å². The summed E-state index contributed by atoms with van der Waals surface area (Å²) < 4.78 is 5.77. The van der Waals surface area contributed by atoms with Crippen LogP contribution in [0.15, 0.2) is 97.1 Å². The Labute approximate surface area is 223 Å². The monoisotopic (exact) mass is 502 g/mol. The zero-order valence-electron chi connectivity index (χ0n) is 21.6. The Morgan fingerprint density at radius 2 is 1.53 bits per heavy atom. The van der Waals surface area contributed by atoms with Crippen LogP contribution < -0.4 is 10.2 Å². The topological polar surface area (TPSA) is 58.6 Å². The van der Waals surface area contributed by atoms with Crippen molar-refractivity contribution in [2.75, 3.05) is 23.4 Å². The van der Waals surface area contributed by atoms with E-state index in [1.807, 2.05) is 65.6 Å². The lowest BCUT2D eigenvalue weighted by molar-refractivity contribution is -0.116. The Morgan fingerprint density at radius 3 is 2.18 bits per heavy atom. The van der Waals surface area contributed by atoms with Crippen molar-refractivity contribution in [3.05, 3.63) is 119 Å². The maximum atomic E-state index is 13.0. The van der Waals surface area contributed by atoms with Crippen LogP contribution in [0.2, 0.25) is 0 Å². The standard InChI is InChI=1S/C33H30N2O3/c1-22(36)35-19-18-33(2,23-10-4-3-5-11-23)30-20-24(16-17-31(30)35)34-32(37)38-21-29-27-14-8-6-12-25(27)26-13-7-9-15-28(26)29/h3-17,20,29H,18-19,21H2,1-2H3,(H,34,37). The van der Waals surface area contributed by atoms with E-state index >= 15 is 0 Å². The maximum Gasteiger partial charge on any atom is 0.411 e. The molecule has 0 spiro atoms. The van der Waals surface area contributed by atoms with Gasteiger partial charge < -0.3 is 9.64 Å². The molecular weight excluding hydrogens is 472 g/mol. The van der Waals surface area contributed by atoms with Crippen molar-refractivity contribution in [2.45, 2.75) is 31.6 Å². The highest BCUT2D eigenvalue weighted by molar-refractivity contribution is 5.94. The molecule has 5 nitrogen and oxygen atoms in total. The molecule has 0 aromatic heterocycles. The van der Waals surface area contributed by atoms with Gasteiger partial charge in [-0.2, -0.15) is 0 Å². The normalized spacial score (nSPS) is 17.8. The summed E-state index contributed by atoms with van der Waals surface area (Å²) in [5.41, 5.74) is 8.19. The maximum absolute atomic E-state index is 13.0. The molecule has 1 N–H and O–H groups in total. The summed E-state index contributed by atoms with van der Waals surface area (Å²) in [7, 11) is 0. The number of anilines is 2. The number of hydrogen-bond acceptors (Lipinski definition) is 3. The van der Waals surface area contributed by atoms with E-state index in [0.29, 0.717) is 12.2 Å². The van der Waals surface area contributed by atoms with E-state index < -0.39 is 6.09 Å². The molecule has 0 saturated carbocycles. The van der Waals surface area contributed by atoms with Crippen LogP contribution in [-0.4, -0.2) is 25.2 Å². The van der Waals surface area contributed by atoms with Crippen LogP contribution in [0.4, 0.5) is 16.2 Å². The van der Waals surface area contributed by atoms with Gasteiger partial charge in [0.1, 0.15) is 6.61 Å². The zero-order valence-corrected chi connectivity index (χ0v) is 21.6. The second kappa shape index (κ2) is 9.49. The average molecular weight is 503 g/mol. The summed E-state index contributed by atoms with van der Waals surface area (Å²) in [5.74, 6) is 0.0146. The number of carbonyl (C=O) groups excluding carboxylic acids is 2. The van der Waals surface area contributed by atoms with Gasteiger partial charge in [0.15, 0.2) is 0 Å². The van der Waals surface area contributed by atoms with Crippen LogP contribution >= 0.6 is 0 Å². The quantitative estimate of drug-likeness (QED) is 0.324. The number of hydrogen-bond donors (Lipinski definition) is 1. The molecule has 1 aliphatic carbocycles. The molecular formula is C33H30N2O3. The first-order chi connectivity index (χ1) is 18.5. The van der Waals surface area contributed by atoms with Gasteiger partial charge in [-0.05, 0) is 58.0 Å². The Morgan fingerprint density at radius 1 is 0.895 bits per heavy atom. The summed E-state index contributed by atoms with van der Waals surface area (Å²) in [6, 6.07) is 32.7. The van der Waals surface area contributed by atoms with Gasteiger partial charge in [-0.1, -0.05) is 85.8 Å². The van der Waals surface area contributed by atoms with Gasteiger partial charge in [-0.15, -0.1) is 0 Å². The second-order valence-corrected chi connectivity index (χ2v) is 10.3. The lowest BCUT2D eigenvalue weighted by Crippen LogP contribution is -2.41. The number of ether oxygens (including phenoxy) is 1. The SMILES string of the molecule is CC(=O)N1CCC(C)(c2ccccc2)c2cc(NC(=O)OCC3c4ccccc4-c4ccccc43)ccc21. The molecule has 1 unspecified atom stereocenters. The first-order valence-electron chi connectivity index (χ1n) is 13.1. The number of amides is 2. The molecule has 190 valence electrons. The summed E-state index contributed by atoms with van der Waals surface area (Å²) in [6.45, 7) is 4.70. The highest BCUT2D eigenvalue weighted by Gasteiger charge is 2.38. The number of nitrogens with one attached hydrogen (secondary N) is 1. The lowest BCUT2D eigenvalue weighted by Gasteiger charge is -2.41. The molecule has 1 atom stereocenters. The molecule has 0 bridgehead atoms. The van der Waals surface area contributed by atoms with Crippen LogP contribution in [0, 0.1) is 0 Å². The van der Waals surface area contributed by atoms with E-state index in [1.54, 1.807) is 6.92 Å². The van der Waals surface area contributed by atoms with Gasteiger partial charge >= 0.3 is 6.09 Å². The average Bonchev–Trinajstić information content (AvgIpc) is 3.26. The van der Waals surface area contributed by atoms with Crippen LogP contribution in [0.1, 0.15) is 48.4 Å². The first kappa shape index (κ1) is 24.0. The van der Waals surface area contributed by atoms with Crippen molar-refractivity contribution in [1.82, 2.24) is 0 Å². The molecule has 2 aliphatic rings. The predicted octanol–water partition coefficient (Wildman–Crippen LogP) is 7.11. The Kier molecular flexibility index (Phi) is 5.99. The molecule has 0 fully saturated rings. The van der Waals surface area contributed by atoms with Gasteiger partial charge in [0.25, 0.3) is 0 Å². The number of carbonyl (C=O) groups is 2. The molecule has 0 radical (unpaired) electrons. The van der Waals surface area contributed by atoms with Crippen molar-refractivity contribution in [2.24, 2.45) is 0 Å². The Balaban J connectivity index is 1.24. The molecule has 6 rings (SSSR count). The summed E-state index contributed by atoms with van der Waals surface area (Å²) in [4.78, 5) is 27.2. The fourth-order valence-electron chi connectivity index (χ4n) is 6.07. The van der Waals surface area contributed by atoms with E-state index in [0.717, 1.165) is 17.7 Å². The van der Waals surface area contributed by atoms with Crippen LogP contribution in [0.25, 0.3) is 11.1 Å². The van der Waals surface area contributed by atoms with Gasteiger partial charge in [-0.25, -0.2) is 4.79 Å². The third-order valence-electron chi connectivity index (χ3n) is 8.10. The predicted molar refractivity (Wildman–Crippen MR) is 151 cm³/mol. The van der Waals surface area contributed by atoms with E-state index in [2.05, 4.69) is 48.6 Å². The highest BCUT2D eigenvalue weighted by atomic mass is 16.5. The third kappa shape index (κ3) is 4.04. The smallest absolute Gasteiger partial charge is 0.411 e. The fourth-order valence-corrected chi connectivity index (χ4v) is 6.07. The number of benzene rings is 4. The molecule has 1 heterocycles. The lowest BCUT2D eigenvalue weighted by atomic mass is 9.71. The minimum absolute atomic E-state index is 0.00202. The minimum Gasteiger partial charge on any atom is -0.448 e. The molecule has 2 amide bonds. The largest absolute Gasteiger partial charge is 0.448 e. The molecule has 4 aromatic carbocycles. The number of nitrogens with zero attached hydrogens (tertiary/aromatic N) is 1. The molecule has 38 heavy (non-hydrogen) atoms. The van der Waals surface area contributed by atoms with E-state index in [9.17, 15) is 9.59 Å². The third-order valence-corrected chi connectivity index (χ3v) is 8.10. The fraction of sp³-hybridized carbons (Fsp3) is 0.212.